The number of carboxylic acids is 1. The molecule has 1 N–H and O–H groups in total. The molecule has 2 fully saturated rings. The van der Waals surface area contributed by atoms with E-state index in [0.29, 0.717) is 32.4 Å². The molecule has 6 nitrogen and oxygen atoms in total. The minimum Gasteiger partial charge on any atom is -0.481 e. The highest BCUT2D eigenvalue weighted by Crippen LogP contribution is 2.49. The second-order valence-corrected chi connectivity index (χ2v) is 7.14. The molecule has 0 aromatic carbocycles. The van der Waals surface area contributed by atoms with Crippen molar-refractivity contribution in [2.45, 2.75) is 52.1 Å². The topological polar surface area (TPSA) is 83.9 Å². The van der Waals surface area contributed by atoms with Gasteiger partial charge in [-0.05, 0) is 39.0 Å². The number of Topliss-reactive ketones (excluding diaryl/α,β-unsaturated/α-hetero) is 1. The first kappa shape index (κ1) is 15.8. The maximum atomic E-state index is 12.0. The number of rotatable bonds is 1. The average Bonchev–Trinajstić information content (AvgIpc) is 2.65. The zero-order valence-corrected chi connectivity index (χ0v) is 12.8. The van der Waals surface area contributed by atoms with Gasteiger partial charge in [0.25, 0.3) is 0 Å². The van der Waals surface area contributed by atoms with Gasteiger partial charge in [-0.1, -0.05) is 0 Å². The van der Waals surface area contributed by atoms with Crippen LogP contribution in [0.15, 0.2) is 0 Å². The molecule has 2 rings (SSSR count). The van der Waals surface area contributed by atoms with E-state index in [-0.39, 0.29) is 18.3 Å². The number of amides is 1. The Balaban J connectivity index is 2.01. The second-order valence-electron chi connectivity index (χ2n) is 7.14. The summed E-state index contributed by atoms with van der Waals surface area (Å²) < 4.78 is 5.33. The minimum absolute atomic E-state index is 0.0214. The van der Waals surface area contributed by atoms with Crippen LogP contribution in [-0.4, -0.2) is 46.5 Å². The molecule has 118 valence electrons. The molecular formula is C15H23NO5. The van der Waals surface area contributed by atoms with E-state index in [1.165, 1.54) is 0 Å². The van der Waals surface area contributed by atoms with Crippen LogP contribution < -0.4 is 0 Å². The van der Waals surface area contributed by atoms with Gasteiger partial charge in [0.05, 0.1) is 5.92 Å². The molecule has 1 atom stereocenters. The largest absolute Gasteiger partial charge is 0.481 e. The number of piperidine rings is 1. The number of nitrogens with zero attached hydrogens (tertiary/aromatic N) is 1. The zero-order chi connectivity index (χ0) is 15.8. The Kier molecular flexibility index (Phi) is 4.00. The van der Waals surface area contributed by atoms with Crippen molar-refractivity contribution in [3.05, 3.63) is 0 Å². The summed E-state index contributed by atoms with van der Waals surface area (Å²) in [6.07, 6.45) is 1.19. The zero-order valence-electron chi connectivity index (χ0n) is 12.8. The van der Waals surface area contributed by atoms with Crippen molar-refractivity contribution in [1.29, 1.82) is 0 Å². The highest BCUT2D eigenvalue weighted by molar-refractivity contribution is 5.89. The first-order valence-corrected chi connectivity index (χ1v) is 7.35. The van der Waals surface area contributed by atoms with Gasteiger partial charge in [0.1, 0.15) is 11.4 Å². The molecule has 0 radical (unpaired) electrons. The minimum atomic E-state index is -0.897. The molecule has 21 heavy (non-hydrogen) atoms. The van der Waals surface area contributed by atoms with Crippen LogP contribution in [0.1, 0.15) is 46.5 Å². The third kappa shape index (κ3) is 3.36. The van der Waals surface area contributed by atoms with Crippen molar-refractivity contribution in [3.8, 4) is 0 Å². The summed E-state index contributed by atoms with van der Waals surface area (Å²) in [5.74, 6) is -1.48. The summed E-state index contributed by atoms with van der Waals surface area (Å²) in [7, 11) is 0. The van der Waals surface area contributed by atoms with Crippen molar-refractivity contribution < 1.29 is 24.2 Å². The van der Waals surface area contributed by atoms with Gasteiger partial charge < -0.3 is 14.7 Å². The second kappa shape index (κ2) is 5.31. The quantitative estimate of drug-likeness (QED) is 0.801. The van der Waals surface area contributed by atoms with Crippen molar-refractivity contribution in [1.82, 2.24) is 4.90 Å². The first-order chi connectivity index (χ1) is 9.63. The van der Waals surface area contributed by atoms with Gasteiger partial charge >= 0.3 is 12.1 Å². The van der Waals surface area contributed by atoms with Crippen LogP contribution in [0, 0.1) is 11.3 Å². The number of ketones is 1. The predicted molar refractivity (Wildman–Crippen MR) is 74.8 cm³/mol. The van der Waals surface area contributed by atoms with E-state index in [2.05, 4.69) is 0 Å². The molecule has 0 bridgehead atoms. The lowest BCUT2D eigenvalue weighted by molar-refractivity contribution is -0.146. The number of carboxylic acid groups (broad SMARTS) is 1. The average molecular weight is 297 g/mol. The van der Waals surface area contributed by atoms with Gasteiger partial charge in [-0.3, -0.25) is 9.59 Å². The molecule has 1 aliphatic carbocycles. The fourth-order valence-electron chi connectivity index (χ4n) is 3.37. The van der Waals surface area contributed by atoms with Crippen molar-refractivity contribution in [3.63, 3.8) is 0 Å². The number of hydrogen-bond acceptors (Lipinski definition) is 4. The molecule has 6 heteroatoms. The molecule has 1 heterocycles. The van der Waals surface area contributed by atoms with Gasteiger partial charge in [0, 0.05) is 25.9 Å². The van der Waals surface area contributed by atoms with E-state index in [1.54, 1.807) is 4.90 Å². The lowest BCUT2D eigenvalue weighted by Gasteiger charge is -2.41. The standard InChI is InChI=1S/C15H23NO5/c1-14(2,3)21-13(20)16-6-4-15(5-7-16)9-10(17)8-11(15)12(18)19/h11H,4-9H2,1-3H3,(H,18,19)/t11-/m0/s1. The van der Waals surface area contributed by atoms with E-state index < -0.39 is 22.9 Å². The number of likely N-dealkylation sites (tertiary alicyclic amines) is 1. The van der Waals surface area contributed by atoms with Crippen LogP contribution in [0.25, 0.3) is 0 Å². The predicted octanol–water partition coefficient (Wildman–Crippen LogP) is 2.07. The maximum absolute atomic E-state index is 12.0. The lowest BCUT2D eigenvalue weighted by atomic mass is 9.70. The molecule has 1 amide bonds. The molecule has 1 aliphatic heterocycles. The van der Waals surface area contributed by atoms with Crippen LogP contribution in [-0.2, 0) is 14.3 Å². The number of ether oxygens (including phenoxy) is 1. The fraction of sp³-hybridized carbons (Fsp3) is 0.800. The van der Waals surface area contributed by atoms with E-state index >= 15 is 0 Å². The molecule has 0 aromatic heterocycles. The Labute approximate surface area is 124 Å². The molecule has 0 unspecified atom stereocenters. The Hall–Kier alpha value is -1.59. The molecule has 2 aliphatic rings. The van der Waals surface area contributed by atoms with E-state index in [0.717, 1.165) is 0 Å². The van der Waals surface area contributed by atoms with Crippen molar-refractivity contribution in [2.24, 2.45) is 11.3 Å². The van der Waals surface area contributed by atoms with E-state index in [1.807, 2.05) is 20.8 Å². The van der Waals surface area contributed by atoms with Crippen LogP contribution in [0.5, 0.6) is 0 Å². The summed E-state index contributed by atoms with van der Waals surface area (Å²) in [5.41, 5.74) is -1.01. The molecule has 0 aromatic rings. The fourth-order valence-corrected chi connectivity index (χ4v) is 3.37. The van der Waals surface area contributed by atoms with Gasteiger partial charge in [-0.2, -0.15) is 0 Å². The highest BCUT2D eigenvalue weighted by atomic mass is 16.6. The Morgan fingerprint density at radius 1 is 1.29 bits per heavy atom. The van der Waals surface area contributed by atoms with Crippen LogP contribution in [0.2, 0.25) is 0 Å². The third-order valence-electron chi connectivity index (χ3n) is 4.43. The number of carbonyl (C=O) groups excluding carboxylic acids is 2. The summed E-state index contributed by atoms with van der Waals surface area (Å²) >= 11 is 0. The van der Waals surface area contributed by atoms with E-state index in [4.69, 9.17) is 4.74 Å². The van der Waals surface area contributed by atoms with Crippen molar-refractivity contribution in [2.75, 3.05) is 13.1 Å². The Morgan fingerprint density at radius 2 is 1.86 bits per heavy atom. The monoisotopic (exact) mass is 297 g/mol. The maximum Gasteiger partial charge on any atom is 0.410 e. The third-order valence-corrected chi connectivity index (χ3v) is 4.43. The van der Waals surface area contributed by atoms with E-state index in [9.17, 15) is 19.5 Å². The Bertz CT molecular complexity index is 457. The summed E-state index contributed by atoms with van der Waals surface area (Å²) in [5, 5.41) is 9.32. The number of aliphatic carboxylic acids is 1. The van der Waals surface area contributed by atoms with Gasteiger partial charge in [0.2, 0.25) is 0 Å². The lowest BCUT2D eigenvalue weighted by Crippen LogP contribution is -2.47. The van der Waals surface area contributed by atoms with Gasteiger partial charge in [-0.15, -0.1) is 0 Å². The summed E-state index contributed by atoms with van der Waals surface area (Å²) in [6.45, 7) is 6.34. The van der Waals surface area contributed by atoms with Crippen LogP contribution >= 0.6 is 0 Å². The highest BCUT2D eigenvalue weighted by Gasteiger charge is 2.52. The summed E-state index contributed by atoms with van der Waals surface area (Å²) in [6, 6.07) is 0. The van der Waals surface area contributed by atoms with Crippen LogP contribution in [0.3, 0.4) is 0 Å². The van der Waals surface area contributed by atoms with Gasteiger partial charge in [-0.25, -0.2) is 4.79 Å². The SMILES string of the molecule is CC(C)(C)OC(=O)N1CCC2(CC1)CC(=O)C[C@H]2C(=O)O. The van der Waals surface area contributed by atoms with Crippen LogP contribution in [0.4, 0.5) is 4.79 Å². The molecule has 1 saturated carbocycles. The molecule has 1 saturated heterocycles. The summed E-state index contributed by atoms with van der Waals surface area (Å²) in [4.78, 5) is 36.7. The first-order valence-electron chi connectivity index (χ1n) is 7.35. The molecular weight excluding hydrogens is 274 g/mol. The molecule has 1 spiro atoms. The number of carbonyl (C=O) groups is 3. The van der Waals surface area contributed by atoms with Gasteiger partial charge in [0.15, 0.2) is 0 Å². The smallest absolute Gasteiger partial charge is 0.410 e. The number of hydrogen-bond donors (Lipinski definition) is 1. The normalized spacial score (nSPS) is 25.2. The van der Waals surface area contributed by atoms with Crippen molar-refractivity contribution >= 4 is 17.8 Å². The Morgan fingerprint density at radius 3 is 2.33 bits per heavy atom.